The number of nitrogens with one attached hydrogen (secondary N) is 2. The third kappa shape index (κ3) is 1.45. The molecule has 0 fully saturated rings. The van der Waals surface area contributed by atoms with Crippen LogP contribution in [0.4, 0.5) is 0 Å². The van der Waals surface area contributed by atoms with Gasteiger partial charge in [-0.2, -0.15) is 0 Å². The second kappa shape index (κ2) is 3.63. The number of benzene rings is 1. The minimum Gasteiger partial charge on any atom is -0.358 e. The first-order chi connectivity index (χ1) is 7.75. The van der Waals surface area contributed by atoms with Crippen LogP contribution >= 0.6 is 0 Å². The Kier molecular flexibility index (Phi) is 2.25. The minimum atomic E-state index is 1.01. The summed E-state index contributed by atoms with van der Waals surface area (Å²) in [5.41, 5.74) is 6.98. The van der Waals surface area contributed by atoms with Crippen molar-refractivity contribution in [2.45, 2.75) is 33.2 Å². The van der Waals surface area contributed by atoms with Crippen LogP contribution in [0.5, 0.6) is 0 Å². The average Bonchev–Trinajstić information content (AvgIpc) is 2.46. The summed E-state index contributed by atoms with van der Waals surface area (Å²) in [6, 6.07) is 4.57. The molecule has 0 bridgehead atoms. The van der Waals surface area contributed by atoms with Gasteiger partial charge in [0.05, 0.1) is 0 Å². The quantitative estimate of drug-likeness (QED) is 0.693. The standard InChI is InChI=1S/C14H18N2/c1-9-6-10(2)14-11(7-9)12-8-15-5-3-4-13(12)16-14/h6-7,15-16H,3-5,8H2,1-2H3. The highest BCUT2D eigenvalue weighted by Crippen LogP contribution is 2.28. The molecule has 0 aliphatic carbocycles. The van der Waals surface area contributed by atoms with Gasteiger partial charge in [0.25, 0.3) is 0 Å². The predicted octanol–water partition coefficient (Wildman–Crippen LogP) is 2.82. The fraction of sp³-hybridized carbons (Fsp3) is 0.429. The molecule has 16 heavy (non-hydrogen) atoms. The molecule has 0 amide bonds. The molecule has 3 rings (SSSR count). The van der Waals surface area contributed by atoms with Crippen molar-refractivity contribution >= 4 is 10.9 Å². The van der Waals surface area contributed by atoms with Crippen LogP contribution in [0.15, 0.2) is 12.1 Å². The van der Waals surface area contributed by atoms with E-state index in [-0.39, 0.29) is 0 Å². The van der Waals surface area contributed by atoms with Crippen LogP contribution in [0, 0.1) is 13.8 Å². The first-order valence-corrected chi connectivity index (χ1v) is 6.07. The monoisotopic (exact) mass is 214 g/mol. The lowest BCUT2D eigenvalue weighted by Gasteiger charge is -2.02. The van der Waals surface area contributed by atoms with Crippen LogP contribution in [-0.4, -0.2) is 11.5 Å². The van der Waals surface area contributed by atoms with E-state index in [2.05, 4.69) is 36.3 Å². The Bertz CT molecular complexity index is 537. The Morgan fingerprint density at radius 1 is 1.19 bits per heavy atom. The SMILES string of the molecule is Cc1cc(C)c2[nH]c3c(c2c1)CNCCC3. The summed E-state index contributed by atoms with van der Waals surface area (Å²) >= 11 is 0. The highest BCUT2D eigenvalue weighted by atomic mass is 14.9. The lowest BCUT2D eigenvalue weighted by atomic mass is 10.0. The van der Waals surface area contributed by atoms with E-state index in [0.29, 0.717) is 0 Å². The molecule has 0 spiro atoms. The summed E-state index contributed by atoms with van der Waals surface area (Å²) in [7, 11) is 0. The van der Waals surface area contributed by atoms with Crippen LogP contribution in [0.3, 0.4) is 0 Å². The van der Waals surface area contributed by atoms with Gasteiger partial charge in [-0.3, -0.25) is 0 Å². The van der Waals surface area contributed by atoms with Gasteiger partial charge >= 0.3 is 0 Å². The van der Waals surface area contributed by atoms with Gasteiger partial charge in [-0.1, -0.05) is 11.6 Å². The summed E-state index contributed by atoms with van der Waals surface area (Å²) in [4.78, 5) is 3.61. The molecule has 2 N–H and O–H groups in total. The Morgan fingerprint density at radius 2 is 2.06 bits per heavy atom. The van der Waals surface area contributed by atoms with E-state index in [1.807, 2.05) is 0 Å². The lowest BCUT2D eigenvalue weighted by molar-refractivity contribution is 0.680. The van der Waals surface area contributed by atoms with E-state index < -0.39 is 0 Å². The van der Waals surface area contributed by atoms with Gasteiger partial charge in [-0.15, -0.1) is 0 Å². The summed E-state index contributed by atoms with van der Waals surface area (Å²) < 4.78 is 0. The maximum absolute atomic E-state index is 3.61. The van der Waals surface area contributed by atoms with Crippen LogP contribution in [0.2, 0.25) is 0 Å². The maximum atomic E-state index is 3.61. The number of hydrogen-bond donors (Lipinski definition) is 2. The van der Waals surface area contributed by atoms with Crippen molar-refractivity contribution in [1.82, 2.24) is 10.3 Å². The third-order valence-corrected chi connectivity index (χ3v) is 3.53. The molecule has 2 heterocycles. The summed E-state index contributed by atoms with van der Waals surface area (Å²) in [6.07, 6.45) is 2.41. The molecule has 0 atom stereocenters. The molecule has 0 radical (unpaired) electrons. The van der Waals surface area contributed by atoms with Crippen molar-refractivity contribution < 1.29 is 0 Å². The molecule has 2 nitrogen and oxygen atoms in total. The first kappa shape index (κ1) is 9.91. The normalized spacial score (nSPS) is 16.1. The number of H-pyrrole nitrogens is 1. The molecule has 84 valence electrons. The summed E-state index contributed by atoms with van der Waals surface area (Å²) in [5.74, 6) is 0. The van der Waals surface area contributed by atoms with E-state index in [1.54, 1.807) is 0 Å². The number of aromatic nitrogens is 1. The van der Waals surface area contributed by atoms with Crippen molar-refractivity contribution in [2.24, 2.45) is 0 Å². The van der Waals surface area contributed by atoms with E-state index in [1.165, 1.54) is 46.1 Å². The molecule has 1 aromatic heterocycles. The third-order valence-electron chi connectivity index (χ3n) is 3.53. The topological polar surface area (TPSA) is 27.8 Å². The van der Waals surface area contributed by atoms with Gasteiger partial charge in [0, 0.05) is 23.1 Å². The molecule has 0 unspecified atom stereocenters. The van der Waals surface area contributed by atoms with Gasteiger partial charge in [0.15, 0.2) is 0 Å². The van der Waals surface area contributed by atoms with Crippen molar-refractivity contribution in [3.63, 3.8) is 0 Å². The second-order valence-electron chi connectivity index (χ2n) is 4.87. The van der Waals surface area contributed by atoms with Crippen LogP contribution < -0.4 is 5.32 Å². The minimum absolute atomic E-state index is 1.01. The lowest BCUT2D eigenvalue weighted by Crippen LogP contribution is -2.11. The highest BCUT2D eigenvalue weighted by molar-refractivity contribution is 5.88. The summed E-state index contributed by atoms with van der Waals surface area (Å²) in [6.45, 7) is 6.52. The van der Waals surface area contributed by atoms with Gasteiger partial charge in [0.2, 0.25) is 0 Å². The summed E-state index contributed by atoms with van der Waals surface area (Å²) in [5, 5.41) is 4.92. The Labute approximate surface area is 96.1 Å². The molecule has 0 saturated carbocycles. The van der Waals surface area contributed by atoms with E-state index >= 15 is 0 Å². The zero-order chi connectivity index (χ0) is 11.1. The Hall–Kier alpha value is -1.28. The average molecular weight is 214 g/mol. The Balaban J connectivity index is 2.29. The van der Waals surface area contributed by atoms with Gasteiger partial charge in [-0.25, -0.2) is 0 Å². The molecule has 1 aliphatic rings. The predicted molar refractivity (Wildman–Crippen MR) is 67.8 cm³/mol. The zero-order valence-corrected chi connectivity index (χ0v) is 9.98. The van der Waals surface area contributed by atoms with E-state index in [0.717, 1.165) is 13.1 Å². The fourth-order valence-electron chi connectivity index (χ4n) is 2.78. The largest absolute Gasteiger partial charge is 0.358 e. The molecule has 1 aliphatic heterocycles. The maximum Gasteiger partial charge on any atom is 0.0489 e. The van der Waals surface area contributed by atoms with E-state index in [4.69, 9.17) is 0 Å². The number of rotatable bonds is 0. The van der Waals surface area contributed by atoms with Crippen molar-refractivity contribution in [3.05, 3.63) is 34.5 Å². The van der Waals surface area contributed by atoms with Gasteiger partial charge < -0.3 is 10.3 Å². The highest BCUT2D eigenvalue weighted by Gasteiger charge is 2.14. The van der Waals surface area contributed by atoms with Crippen molar-refractivity contribution in [2.75, 3.05) is 6.54 Å². The van der Waals surface area contributed by atoms with Crippen molar-refractivity contribution in [1.29, 1.82) is 0 Å². The smallest absolute Gasteiger partial charge is 0.0489 e. The number of fused-ring (bicyclic) bond motifs is 3. The van der Waals surface area contributed by atoms with Gasteiger partial charge in [-0.05, 0) is 50.4 Å². The zero-order valence-electron chi connectivity index (χ0n) is 9.98. The molecular weight excluding hydrogens is 196 g/mol. The van der Waals surface area contributed by atoms with E-state index in [9.17, 15) is 0 Å². The molecule has 0 saturated heterocycles. The molecular formula is C14H18N2. The van der Waals surface area contributed by atoms with Crippen LogP contribution in [0.1, 0.15) is 28.8 Å². The Morgan fingerprint density at radius 3 is 2.94 bits per heavy atom. The van der Waals surface area contributed by atoms with Gasteiger partial charge in [0.1, 0.15) is 0 Å². The fourth-order valence-corrected chi connectivity index (χ4v) is 2.78. The molecule has 1 aromatic carbocycles. The first-order valence-electron chi connectivity index (χ1n) is 6.07. The van der Waals surface area contributed by atoms with Crippen LogP contribution in [0.25, 0.3) is 10.9 Å². The molecule has 2 aromatic rings. The van der Waals surface area contributed by atoms with Crippen LogP contribution in [-0.2, 0) is 13.0 Å². The second-order valence-corrected chi connectivity index (χ2v) is 4.87. The number of hydrogen-bond acceptors (Lipinski definition) is 1. The van der Waals surface area contributed by atoms with Crippen molar-refractivity contribution in [3.8, 4) is 0 Å². The number of aryl methyl sites for hydroxylation is 3. The number of aromatic amines is 1. The molecule has 2 heteroatoms.